The number of aromatic amines is 1. The molecule has 0 aliphatic rings. The normalized spacial score (nSPS) is 12.2. The summed E-state index contributed by atoms with van der Waals surface area (Å²) in [5.41, 5.74) is 1.09. The number of carbonyl (C=O) groups is 1. The molecule has 0 saturated carbocycles. The van der Waals surface area contributed by atoms with Crippen molar-refractivity contribution in [2.75, 3.05) is 21.3 Å². The molecule has 0 aliphatic heterocycles. The van der Waals surface area contributed by atoms with Gasteiger partial charge in [0.1, 0.15) is 22.8 Å². The first-order chi connectivity index (χ1) is 13.3. The molecule has 0 fully saturated rings. The fourth-order valence-electron chi connectivity index (χ4n) is 3.08. The Balaban J connectivity index is 1.83. The number of methoxy groups -OCH3 is 2. The maximum atomic E-state index is 13.9. The molecule has 2 heterocycles. The number of aromatic nitrogens is 2. The Morgan fingerprint density at radius 3 is 2.71 bits per heavy atom. The second kappa shape index (κ2) is 8.07. The molecule has 0 amide bonds. The topological polar surface area (TPSA) is 85.7 Å². The highest BCUT2D eigenvalue weighted by Gasteiger charge is 2.20. The monoisotopic (exact) mass is 406 g/mol. The number of benzene rings is 1. The molecule has 3 rings (SSSR count). The molecular weight excluding hydrogens is 385 g/mol. The van der Waals surface area contributed by atoms with E-state index >= 15 is 0 Å². The molecule has 28 heavy (non-hydrogen) atoms. The van der Waals surface area contributed by atoms with Gasteiger partial charge in [-0.2, -0.15) is 0 Å². The van der Waals surface area contributed by atoms with Gasteiger partial charge in [0.2, 0.25) is 0 Å². The van der Waals surface area contributed by atoms with Gasteiger partial charge in [0.15, 0.2) is 17.4 Å². The molecule has 0 radical (unpaired) electrons. The average Bonchev–Trinajstić information content (AvgIpc) is 2.98. The van der Waals surface area contributed by atoms with E-state index in [4.69, 9.17) is 9.47 Å². The van der Waals surface area contributed by atoms with Gasteiger partial charge in [-0.3, -0.25) is 4.79 Å². The van der Waals surface area contributed by atoms with Crippen LogP contribution in [0.1, 0.15) is 26.6 Å². The number of ether oxygens (including phenoxy) is 2. The molecule has 2 aromatic heterocycles. The molecule has 0 aliphatic carbocycles. The van der Waals surface area contributed by atoms with Crippen LogP contribution in [0, 0.1) is 12.7 Å². The Labute approximate surface area is 164 Å². The maximum absolute atomic E-state index is 13.9. The van der Waals surface area contributed by atoms with Crippen LogP contribution in [0.3, 0.4) is 0 Å². The average molecular weight is 406 g/mol. The van der Waals surface area contributed by atoms with Gasteiger partial charge in [-0.25, -0.2) is 14.2 Å². The quantitative estimate of drug-likeness (QED) is 0.605. The van der Waals surface area contributed by atoms with E-state index in [2.05, 4.69) is 9.97 Å². The van der Waals surface area contributed by atoms with Gasteiger partial charge >= 0.3 is 5.97 Å². The summed E-state index contributed by atoms with van der Waals surface area (Å²) in [5, 5.41) is 0.407. The summed E-state index contributed by atoms with van der Waals surface area (Å²) in [4.78, 5) is 33.5. The fourth-order valence-corrected chi connectivity index (χ4v) is 4.20. The van der Waals surface area contributed by atoms with Crippen molar-refractivity contribution < 1.29 is 23.6 Å². The molecule has 3 aromatic rings. The first kappa shape index (κ1) is 20.0. The molecule has 0 spiro atoms. The van der Waals surface area contributed by atoms with Gasteiger partial charge in [-0.15, -0.1) is 11.3 Å². The van der Waals surface area contributed by atoms with Crippen molar-refractivity contribution in [3.63, 3.8) is 0 Å². The number of nitrogens with one attached hydrogen (secondary N) is 2. The Morgan fingerprint density at radius 2 is 2.07 bits per heavy atom. The number of hydrogen-bond donors (Lipinski definition) is 2. The molecule has 1 unspecified atom stereocenters. The van der Waals surface area contributed by atoms with Gasteiger partial charge in [-0.05, 0) is 30.7 Å². The van der Waals surface area contributed by atoms with Crippen LogP contribution in [0.15, 0.2) is 23.0 Å². The smallest absolute Gasteiger partial charge is 0.348 e. The number of rotatable bonds is 6. The number of thiophene rings is 1. The Morgan fingerprint density at radius 1 is 1.32 bits per heavy atom. The summed E-state index contributed by atoms with van der Waals surface area (Å²) in [7, 11) is 4.65. The fraction of sp³-hybridized carbons (Fsp3) is 0.316. The lowest BCUT2D eigenvalue weighted by molar-refractivity contribution is -0.908. The summed E-state index contributed by atoms with van der Waals surface area (Å²) in [6.45, 7) is 2.68. The minimum Gasteiger partial charge on any atom is -0.494 e. The van der Waals surface area contributed by atoms with E-state index in [1.54, 1.807) is 19.1 Å². The van der Waals surface area contributed by atoms with Crippen molar-refractivity contribution in [1.29, 1.82) is 0 Å². The van der Waals surface area contributed by atoms with Crippen LogP contribution in [-0.2, 0) is 17.8 Å². The van der Waals surface area contributed by atoms with Crippen molar-refractivity contribution in [1.82, 2.24) is 9.97 Å². The largest absolute Gasteiger partial charge is 0.494 e. The standard InChI is InChI=1S/C19H20FN3O4S/c1-10-15-17(24)21-14(22-18(15)28-16(10)19(25)27-4)9-23(2)8-11-5-6-13(26-3)12(20)7-11/h5-7H,8-9H2,1-4H3,(H,21,22,24)/p+1. The van der Waals surface area contributed by atoms with Gasteiger partial charge in [0, 0.05) is 5.56 Å². The molecule has 7 nitrogen and oxygen atoms in total. The number of carbonyl (C=O) groups excluding carboxylic acids is 1. The van der Waals surface area contributed by atoms with Crippen LogP contribution in [0.2, 0.25) is 0 Å². The van der Waals surface area contributed by atoms with Crippen molar-refractivity contribution in [2.24, 2.45) is 0 Å². The van der Waals surface area contributed by atoms with Gasteiger partial charge in [-0.1, -0.05) is 0 Å². The molecule has 148 valence electrons. The van der Waals surface area contributed by atoms with Gasteiger partial charge in [0.05, 0.1) is 26.7 Å². The molecule has 9 heteroatoms. The molecule has 1 aromatic carbocycles. The van der Waals surface area contributed by atoms with Crippen LogP contribution >= 0.6 is 11.3 Å². The highest BCUT2D eigenvalue weighted by atomic mass is 32.1. The lowest BCUT2D eigenvalue weighted by atomic mass is 10.2. The van der Waals surface area contributed by atoms with E-state index in [-0.39, 0.29) is 11.3 Å². The van der Waals surface area contributed by atoms with Crippen molar-refractivity contribution in [3.8, 4) is 5.75 Å². The summed E-state index contributed by atoms with van der Waals surface area (Å²) >= 11 is 1.14. The van der Waals surface area contributed by atoms with Crippen LogP contribution < -0.4 is 15.2 Å². The highest BCUT2D eigenvalue weighted by molar-refractivity contribution is 7.20. The number of fused-ring (bicyclic) bond motifs is 1. The zero-order valence-corrected chi connectivity index (χ0v) is 16.8. The zero-order chi connectivity index (χ0) is 20.4. The first-order valence-electron chi connectivity index (χ1n) is 8.58. The lowest BCUT2D eigenvalue weighted by Gasteiger charge is -2.14. The van der Waals surface area contributed by atoms with Crippen LogP contribution in [0.25, 0.3) is 10.2 Å². The number of H-pyrrole nitrogens is 1. The summed E-state index contributed by atoms with van der Waals surface area (Å²) in [6.07, 6.45) is 0. The highest BCUT2D eigenvalue weighted by Crippen LogP contribution is 2.27. The Bertz CT molecular complexity index is 1090. The second-order valence-electron chi connectivity index (χ2n) is 6.52. The van der Waals surface area contributed by atoms with E-state index in [9.17, 15) is 14.0 Å². The van der Waals surface area contributed by atoms with Gasteiger partial charge < -0.3 is 19.4 Å². The maximum Gasteiger partial charge on any atom is 0.348 e. The molecule has 2 N–H and O–H groups in total. The lowest BCUT2D eigenvalue weighted by Crippen LogP contribution is -3.06. The molecule has 1 atom stereocenters. The third-order valence-electron chi connectivity index (χ3n) is 4.41. The summed E-state index contributed by atoms with van der Waals surface area (Å²) in [5.74, 6) is -0.190. The number of hydrogen-bond acceptors (Lipinski definition) is 6. The predicted octanol–water partition coefficient (Wildman–Crippen LogP) is 1.44. The van der Waals surface area contributed by atoms with E-state index in [1.165, 1.54) is 20.3 Å². The minimum atomic E-state index is -0.481. The second-order valence-corrected chi connectivity index (χ2v) is 7.52. The molecule has 0 bridgehead atoms. The third kappa shape index (κ3) is 3.90. The zero-order valence-electron chi connectivity index (χ0n) is 16.0. The summed E-state index contributed by atoms with van der Waals surface area (Å²) < 4.78 is 23.5. The Kier molecular flexibility index (Phi) is 5.76. The van der Waals surface area contributed by atoms with E-state index < -0.39 is 11.8 Å². The Hall–Kier alpha value is -2.78. The van der Waals surface area contributed by atoms with Crippen molar-refractivity contribution in [2.45, 2.75) is 20.0 Å². The minimum absolute atomic E-state index is 0.201. The summed E-state index contributed by atoms with van der Waals surface area (Å²) in [6, 6.07) is 4.83. The van der Waals surface area contributed by atoms with E-state index in [0.29, 0.717) is 39.6 Å². The number of quaternary nitrogens is 1. The van der Waals surface area contributed by atoms with Gasteiger partial charge in [0.25, 0.3) is 5.56 Å². The van der Waals surface area contributed by atoms with Crippen LogP contribution in [-0.4, -0.2) is 37.2 Å². The van der Waals surface area contributed by atoms with Crippen LogP contribution in [0.5, 0.6) is 5.75 Å². The molecular formula is C19H21FN3O4S+. The number of halogens is 1. The first-order valence-corrected chi connectivity index (χ1v) is 9.40. The number of nitrogens with zero attached hydrogens (tertiary/aromatic N) is 1. The molecule has 0 saturated heterocycles. The number of aryl methyl sites for hydroxylation is 1. The van der Waals surface area contributed by atoms with Crippen molar-refractivity contribution in [3.05, 3.63) is 56.2 Å². The van der Waals surface area contributed by atoms with Crippen molar-refractivity contribution >= 4 is 27.5 Å². The predicted molar refractivity (Wildman–Crippen MR) is 104 cm³/mol. The number of esters is 1. The van der Waals surface area contributed by atoms with E-state index in [1.807, 2.05) is 7.05 Å². The third-order valence-corrected chi connectivity index (χ3v) is 5.58. The SMILES string of the molecule is COC(=O)c1sc2nc(C[NH+](C)Cc3ccc(OC)c(F)c3)[nH]c(=O)c2c1C. The van der Waals surface area contributed by atoms with Crippen LogP contribution in [0.4, 0.5) is 4.39 Å². The van der Waals surface area contributed by atoms with E-state index in [0.717, 1.165) is 21.8 Å².